The van der Waals surface area contributed by atoms with Gasteiger partial charge in [-0.15, -0.1) is 0 Å². The summed E-state index contributed by atoms with van der Waals surface area (Å²) >= 11 is 9.89. The van der Waals surface area contributed by atoms with Crippen molar-refractivity contribution in [1.82, 2.24) is 0 Å². The highest BCUT2D eigenvalue weighted by atomic mass is 79.9. The molecule has 1 aromatic heterocycles. The van der Waals surface area contributed by atoms with Crippen LogP contribution in [0.4, 0.5) is 0 Å². The first-order valence-corrected chi connectivity index (χ1v) is 8.19. The van der Waals surface area contributed by atoms with Crippen molar-refractivity contribution in [3.63, 3.8) is 0 Å². The van der Waals surface area contributed by atoms with Crippen molar-refractivity contribution < 1.29 is 4.57 Å². The molecule has 1 aliphatic heterocycles. The predicted octanol–water partition coefficient (Wildman–Crippen LogP) is 5.42. The molecule has 3 heteroatoms. The van der Waals surface area contributed by atoms with E-state index in [9.17, 15) is 0 Å². The number of hydrogen-bond donors (Lipinski definition) is 0. The number of hydrogen-bond acceptors (Lipinski definition) is 0. The summed E-state index contributed by atoms with van der Waals surface area (Å²) in [7, 11) is 0. The summed E-state index contributed by atoms with van der Waals surface area (Å²) in [6.45, 7) is 0. The van der Waals surface area contributed by atoms with Gasteiger partial charge in [0.1, 0.15) is 0 Å². The number of fused-ring (bicyclic) bond motifs is 3. The summed E-state index contributed by atoms with van der Waals surface area (Å²) in [5.74, 6) is 0. The first kappa shape index (κ1) is 13.7. The molecule has 0 saturated heterocycles. The van der Waals surface area contributed by atoms with Crippen molar-refractivity contribution >= 4 is 39.3 Å². The Morgan fingerprint density at radius 2 is 1.73 bits per heavy atom. The quantitative estimate of drug-likeness (QED) is 0.395. The van der Waals surface area contributed by atoms with Crippen molar-refractivity contribution in [2.45, 2.75) is 0 Å². The molecule has 4 rings (SSSR count). The van der Waals surface area contributed by atoms with Gasteiger partial charge in [0.2, 0.25) is 11.4 Å². The number of benzene rings is 2. The Balaban J connectivity index is 2.00. The lowest BCUT2D eigenvalue weighted by atomic mass is 10.0. The summed E-state index contributed by atoms with van der Waals surface area (Å²) in [5, 5.41) is 0.763. The molecule has 22 heavy (non-hydrogen) atoms. The van der Waals surface area contributed by atoms with Crippen LogP contribution in [0.1, 0.15) is 11.1 Å². The second-order valence-corrected chi connectivity index (χ2v) is 6.52. The van der Waals surface area contributed by atoms with Gasteiger partial charge >= 0.3 is 0 Å². The van der Waals surface area contributed by atoms with E-state index in [4.69, 9.17) is 11.6 Å². The van der Waals surface area contributed by atoms with E-state index in [-0.39, 0.29) is 0 Å². The Morgan fingerprint density at radius 3 is 2.59 bits per heavy atom. The summed E-state index contributed by atoms with van der Waals surface area (Å²) in [6.07, 6.45) is 4.23. The van der Waals surface area contributed by atoms with Crippen LogP contribution in [0.2, 0.25) is 5.02 Å². The van der Waals surface area contributed by atoms with E-state index in [1.807, 2.05) is 30.3 Å². The van der Waals surface area contributed by atoms with Crippen LogP contribution in [0, 0.1) is 0 Å². The summed E-state index contributed by atoms with van der Waals surface area (Å²) in [6, 6.07) is 20.5. The molecule has 106 valence electrons. The Hall–Kier alpha value is -1.90. The minimum Gasteiger partial charge on any atom is -0.159 e. The van der Waals surface area contributed by atoms with E-state index in [0.29, 0.717) is 0 Å². The molecule has 0 saturated carbocycles. The van der Waals surface area contributed by atoms with Crippen molar-refractivity contribution in [3.05, 3.63) is 87.5 Å². The van der Waals surface area contributed by atoms with Gasteiger partial charge in [0.25, 0.3) is 0 Å². The van der Waals surface area contributed by atoms with Crippen LogP contribution in [0.15, 0.2) is 71.3 Å². The van der Waals surface area contributed by atoms with Gasteiger partial charge in [-0.25, -0.2) is 0 Å². The summed E-state index contributed by atoms with van der Waals surface area (Å²) in [4.78, 5) is 0. The van der Waals surface area contributed by atoms with E-state index in [1.54, 1.807) is 0 Å². The van der Waals surface area contributed by atoms with E-state index in [1.165, 1.54) is 16.8 Å². The Bertz CT molecular complexity index is 915. The normalized spacial score (nSPS) is 14.0. The van der Waals surface area contributed by atoms with Crippen molar-refractivity contribution in [1.29, 1.82) is 0 Å². The van der Waals surface area contributed by atoms with Gasteiger partial charge in [-0.1, -0.05) is 45.7 Å². The van der Waals surface area contributed by atoms with Crippen molar-refractivity contribution in [3.8, 4) is 11.3 Å². The van der Waals surface area contributed by atoms with Crippen LogP contribution >= 0.6 is 27.5 Å². The molecule has 1 nitrogen and oxygen atoms in total. The molecule has 0 N–H and O–H groups in total. The summed E-state index contributed by atoms with van der Waals surface area (Å²) in [5.41, 5.74) is 5.81. The number of halogens is 2. The zero-order valence-electron chi connectivity index (χ0n) is 11.6. The number of rotatable bonds is 1. The van der Waals surface area contributed by atoms with Gasteiger partial charge in [-0.3, -0.25) is 0 Å². The SMILES string of the molecule is Clc1ccccc1/C=C1\c2ccc(Br)cc2-c2cccc[n+]21. The maximum absolute atomic E-state index is 6.32. The maximum Gasteiger partial charge on any atom is 0.219 e. The highest BCUT2D eigenvalue weighted by Gasteiger charge is 2.31. The lowest BCUT2D eigenvalue weighted by molar-refractivity contribution is -0.562. The van der Waals surface area contributed by atoms with Crippen LogP contribution in [-0.4, -0.2) is 0 Å². The van der Waals surface area contributed by atoms with Crippen LogP contribution in [0.5, 0.6) is 0 Å². The minimum atomic E-state index is 0.763. The van der Waals surface area contributed by atoms with E-state index >= 15 is 0 Å². The number of pyridine rings is 1. The van der Waals surface area contributed by atoms with Gasteiger partial charge in [-0.05, 0) is 35.9 Å². The van der Waals surface area contributed by atoms with E-state index in [2.05, 4.69) is 63.1 Å². The lowest BCUT2D eigenvalue weighted by Gasteiger charge is -1.99. The van der Waals surface area contributed by atoms with Gasteiger partial charge < -0.3 is 0 Å². The topological polar surface area (TPSA) is 3.88 Å². The van der Waals surface area contributed by atoms with Gasteiger partial charge in [0.05, 0.1) is 11.1 Å². The second-order valence-electron chi connectivity index (χ2n) is 5.20. The zero-order valence-corrected chi connectivity index (χ0v) is 14.0. The van der Waals surface area contributed by atoms with Crippen LogP contribution < -0.4 is 4.57 Å². The largest absolute Gasteiger partial charge is 0.219 e. The molecule has 0 fully saturated rings. The predicted molar refractivity (Wildman–Crippen MR) is 94.5 cm³/mol. The van der Waals surface area contributed by atoms with Crippen LogP contribution in [-0.2, 0) is 0 Å². The van der Waals surface area contributed by atoms with Crippen molar-refractivity contribution in [2.24, 2.45) is 0 Å². The molecule has 1 aliphatic rings. The number of nitrogens with zero attached hydrogens (tertiary/aromatic N) is 1. The fraction of sp³-hybridized carbons (Fsp3) is 0. The van der Waals surface area contributed by atoms with Gasteiger partial charge in [0.15, 0.2) is 6.20 Å². The monoisotopic (exact) mass is 368 g/mol. The molecule has 0 atom stereocenters. The number of aromatic nitrogens is 1. The molecule has 0 amide bonds. The minimum absolute atomic E-state index is 0.763. The molecular formula is C19H12BrClN+. The van der Waals surface area contributed by atoms with E-state index < -0.39 is 0 Å². The fourth-order valence-electron chi connectivity index (χ4n) is 2.84. The highest BCUT2D eigenvalue weighted by molar-refractivity contribution is 9.10. The second kappa shape index (κ2) is 5.38. The molecule has 2 aromatic carbocycles. The first-order chi connectivity index (χ1) is 10.7. The Kier molecular flexibility index (Phi) is 3.36. The van der Waals surface area contributed by atoms with Crippen LogP contribution in [0.3, 0.4) is 0 Å². The third-order valence-electron chi connectivity index (χ3n) is 3.85. The average molecular weight is 370 g/mol. The smallest absolute Gasteiger partial charge is 0.159 e. The highest BCUT2D eigenvalue weighted by Crippen LogP contribution is 2.36. The fourth-order valence-corrected chi connectivity index (χ4v) is 3.39. The molecule has 0 radical (unpaired) electrons. The molecule has 3 aromatic rings. The maximum atomic E-state index is 6.32. The van der Waals surface area contributed by atoms with Crippen LogP contribution in [0.25, 0.3) is 23.0 Å². The Labute approximate surface area is 142 Å². The standard InChI is InChI=1S/C19H12BrClN/c20-14-8-9-15-16(12-14)18-7-3-4-10-22(18)19(15)11-13-5-1-2-6-17(13)21/h1-12H/q+1/b19-11+. The lowest BCUT2D eigenvalue weighted by Crippen LogP contribution is -2.30. The Morgan fingerprint density at radius 1 is 0.909 bits per heavy atom. The molecule has 0 unspecified atom stereocenters. The van der Waals surface area contributed by atoms with Gasteiger partial charge in [0, 0.05) is 27.7 Å². The zero-order chi connectivity index (χ0) is 15.1. The van der Waals surface area contributed by atoms with Gasteiger partial charge in [-0.2, -0.15) is 4.57 Å². The molecule has 0 aliphatic carbocycles. The first-order valence-electron chi connectivity index (χ1n) is 7.01. The third kappa shape index (κ3) is 2.20. The molecular weight excluding hydrogens is 358 g/mol. The molecule has 0 bridgehead atoms. The molecule has 2 heterocycles. The summed E-state index contributed by atoms with van der Waals surface area (Å²) < 4.78 is 3.29. The van der Waals surface area contributed by atoms with Crippen molar-refractivity contribution in [2.75, 3.05) is 0 Å². The third-order valence-corrected chi connectivity index (χ3v) is 4.69. The average Bonchev–Trinajstić information content (AvgIpc) is 2.83. The van der Waals surface area contributed by atoms with E-state index in [0.717, 1.165) is 20.8 Å². The molecule has 0 spiro atoms.